The van der Waals surface area contributed by atoms with Crippen molar-refractivity contribution in [3.05, 3.63) is 11.6 Å². The molecule has 0 saturated heterocycles. The third-order valence-electron chi connectivity index (χ3n) is 4.25. The maximum atomic E-state index is 10.5. The molecule has 2 N–H and O–H groups in total. The van der Waals surface area contributed by atoms with Gasteiger partial charge in [-0.25, -0.2) is 0 Å². The van der Waals surface area contributed by atoms with Crippen molar-refractivity contribution in [1.82, 2.24) is 5.32 Å². The maximum Gasteiger partial charge on any atom is 0.0771 e. The van der Waals surface area contributed by atoms with Crippen molar-refractivity contribution < 1.29 is 5.11 Å². The van der Waals surface area contributed by atoms with E-state index in [1.165, 1.54) is 51.4 Å². The molecule has 0 heterocycles. The van der Waals surface area contributed by atoms with Crippen molar-refractivity contribution in [1.29, 1.82) is 0 Å². The molecular formula is C15H27NO. The van der Waals surface area contributed by atoms with Gasteiger partial charge in [0.2, 0.25) is 0 Å². The van der Waals surface area contributed by atoms with Crippen LogP contribution in [0.1, 0.15) is 64.2 Å². The molecule has 0 aromatic rings. The molecule has 2 aliphatic carbocycles. The van der Waals surface area contributed by atoms with E-state index < -0.39 is 5.60 Å². The molecule has 0 radical (unpaired) electrons. The van der Waals surface area contributed by atoms with Gasteiger partial charge in [0.1, 0.15) is 0 Å². The van der Waals surface area contributed by atoms with Crippen LogP contribution in [-0.2, 0) is 0 Å². The molecule has 17 heavy (non-hydrogen) atoms. The molecule has 0 amide bonds. The second-order valence-electron chi connectivity index (χ2n) is 5.82. The number of nitrogens with one attached hydrogen (secondary N) is 1. The van der Waals surface area contributed by atoms with Gasteiger partial charge in [-0.15, -0.1) is 0 Å². The highest BCUT2D eigenvalue weighted by molar-refractivity contribution is 5.07. The highest BCUT2D eigenvalue weighted by Gasteiger charge is 2.27. The molecule has 98 valence electrons. The van der Waals surface area contributed by atoms with E-state index in [0.717, 1.165) is 25.9 Å². The lowest BCUT2D eigenvalue weighted by Gasteiger charge is -2.27. The van der Waals surface area contributed by atoms with Crippen LogP contribution in [0.4, 0.5) is 0 Å². The van der Waals surface area contributed by atoms with Gasteiger partial charge in [-0.1, -0.05) is 37.3 Å². The summed E-state index contributed by atoms with van der Waals surface area (Å²) < 4.78 is 0. The maximum absolute atomic E-state index is 10.5. The SMILES string of the molecule is OC1(CNCCC2=CCCC2)CCCCCC1. The number of aliphatic hydroxyl groups is 1. The summed E-state index contributed by atoms with van der Waals surface area (Å²) in [5, 5.41) is 13.9. The summed E-state index contributed by atoms with van der Waals surface area (Å²) in [7, 11) is 0. The van der Waals surface area contributed by atoms with Crippen LogP contribution < -0.4 is 5.32 Å². The highest BCUT2D eigenvalue weighted by atomic mass is 16.3. The van der Waals surface area contributed by atoms with Crippen LogP contribution >= 0.6 is 0 Å². The summed E-state index contributed by atoms with van der Waals surface area (Å²) in [5.74, 6) is 0. The Morgan fingerprint density at radius 2 is 1.88 bits per heavy atom. The third kappa shape index (κ3) is 4.44. The predicted octanol–water partition coefficient (Wildman–Crippen LogP) is 3.16. The van der Waals surface area contributed by atoms with Crippen molar-refractivity contribution in [2.24, 2.45) is 0 Å². The van der Waals surface area contributed by atoms with Crippen molar-refractivity contribution in [2.75, 3.05) is 13.1 Å². The Kier molecular flexibility index (Phi) is 5.05. The summed E-state index contributed by atoms with van der Waals surface area (Å²) in [6, 6.07) is 0. The Bertz CT molecular complexity index is 252. The number of allylic oxidation sites excluding steroid dienone is 1. The Labute approximate surface area is 105 Å². The quantitative estimate of drug-likeness (QED) is 0.437. The molecule has 0 aromatic carbocycles. The molecule has 1 fully saturated rings. The summed E-state index contributed by atoms with van der Waals surface area (Å²) in [6.45, 7) is 1.83. The van der Waals surface area contributed by atoms with E-state index in [-0.39, 0.29) is 0 Å². The molecule has 0 bridgehead atoms. The smallest absolute Gasteiger partial charge is 0.0771 e. The third-order valence-corrected chi connectivity index (χ3v) is 4.25. The van der Waals surface area contributed by atoms with E-state index in [9.17, 15) is 5.11 Å². The van der Waals surface area contributed by atoms with Crippen LogP contribution in [0, 0.1) is 0 Å². The lowest BCUT2D eigenvalue weighted by atomic mass is 9.94. The Morgan fingerprint density at radius 1 is 1.12 bits per heavy atom. The second-order valence-corrected chi connectivity index (χ2v) is 5.82. The first kappa shape index (κ1) is 13.1. The van der Waals surface area contributed by atoms with E-state index in [0.29, 0.717) is 0 Å². The van der Waals surface area contributed by atoms with Crippen LogP contribution in [0.2, 0.25) is 0 Å². The average Bonchev–Trinajstić information content (AvgIpc) is 2.74. The van der Waals surface area contributed by atoms with Gasteiger partial charge in [-0.2, -0.15) is 0 Å². The summed E-state index contributed by atoms with van der Waals surface area (Å²) in [6.07, 6.45) is 14.5. The fraction of sp³-hybridized carbons (Fsp3) is 0.867. The highest BCUT2D eigenvalue weighted by Crippen LogP contribution is 2.26. The van der Waals surface area contributed by atoms with E-state index >= 15 is 0 Å². The molecule has 0 aliphatic heterocycles. The van der Waals surface area contributed by atoms with Crippen LogP contribution in [-0.4, -0.2) is 23.8 Å². The van der Waals surface area contributed by atoms with Crippen LogP contribution in [0.25, 0.3) is 0 Å². The van der Waals surface area contributed by atoms with Gasteiger partial charge in [0, 0.05) is 6.54 Å². The molecule has 0 spiro atoms. The molecule has 0 aromatic heterocycles. The van der Waals surface area contributed by atoms with Crippen LogP contribution in [0.3, 0.4) is 0 Å². The lowest BCUT2D eigenvalue weighted by Crippen LogP contribution is -2.40. The minimum Gasteiger partial charge on any atom is -0.389 e. The van der Waals surface area contributed by atoms with Gasteiger partial charge in [-0.05, 0) is 45.1 Å². The molecule has 2 rings (SSSR count). The van der Waals surface area contributed by atoms with Crippen molar-refractivity contribution >= 4 is 0 Å². The normalized spacial score (nSPS) is 24.4. The minimum absolute atomic E-state index is 0.416. The summed E-state index contributed by atoms with van der Waals surface area (Å²) in [4.78, 5) is 0. The van der Waals surface area contributed by atoms with Crippen molar-refractivity contribution in [3.8, 4) is 0 Å². The molecule has 2 aliphatic rings. The van der Waals surface area contributed by atoms with Gasteiger partial charge in [-0.3, -0.25) is 0 Å². The van der Waals surface area contributed by atoms with Gasteiger partial charge >= 0.3 is 0 Å². The molecule has 0 atom stereocenters. The number of rotatable bonds is 5. The van der Waals surface area contributed by atoms with Gasteiger partial charge in [0.15, 0.2) is 0 Å². The van der Waals surface area contributed by atoms with Gasteiger partial charge in [0.05, 0.1) is 5.60 Å². The lowest BCUT2D eigenvalue weighted by molar-refractivity contribution is 0.0256. The second kappa shape index (κ2) is 6.55. The Hall–Kier alpha value is -0.340. The van der Waals surface area contributed by atoms with E-state index in [2.05, 4.69) is 11.4 Å². The average molecular weight is 237 g/mol. The Balaban J connectivity index is 1.62. The van der Waals surface area contributed by atoms with Crippen LogP contribution in [0.15, 0.2) is 11.6 Å². The predicted molar refractivity (Wildman–Crippen MR) is 72.1 cm³/mol. The zero-order chi connectivity index (χ0) is 12.0. The molecule has 2 heteroatoms. The van der Waals surface area contributed by atoms with E-state index in [1.54, 1.807) is 5.57 Å². The monoisotopic (exact) mass is 237 g/mol. The largest absolute Gasteiger partial charge is 0.389 e. The van der Waals surface area contributed by atoms with Crippen molar-refractivity contribution in [3.63, 3.8) is 0 Å². The van der Waals surface area contributed by atoms with E-state index in [4.69, 9.17) is 0 Å². The zero-order valence-corrected chi connectivity index (χ0v) is 11.0. The molecule has 1 saturated carbocycles. The van der Waals surface area contributed by atoms with Gasteiger partial charge < -0.3 is 10.4 Å². The molecule has 2 nitrogen and oxygen atoms in total. The first-order chi connectivity index (χ1) is 8.29. The van der Waals surface area contributed by atoms with Crippen molar-refractivity contribution in [2.45, 2.75) is 69.8 Å². The Morgan fingerprint density at radius 3 is 2.53 bits per heavy atom. The van der Waals surface area contributed by atoms with E-state index in [1.807, 2.05) is 0 Å². The number of hydrogen-bond acceptors (Lipinski definition) is 2. The number of hydrogen-bond donors (Lipinski definition) is 2. The fourth-order valence-corrected chi connectivity index (χ4v) is 3.10. The zero-order valence-electron chi connectivity index (χ0n) is 11.0. The molecule has 0 unspecified atom stereocenters. The minimum atomic E-state index is -0.416. The summed E-state index contributed by atoms with van der Waals surface area (Å²) in [5.41, 5.74) is 1.20. The first-order valence-electron chi connectivity index (χ1n) is 7.40. The first-order valence-corrected chi connectivity index (χ1v) is 7.40. The topological polar surface area (TPSA) is 32.3 Å². The fourth-order valence-electron chi connectivity index (χ4n) is 3.10. The standard InChI is InChI=1S/C15H27NO/c17-15(10-5-1-2-6-11-15)13-16-12-9-14-7-3-4-8-14/h7,16-17H,1-6,8-13H2. The summed E-state index contributed by atoms with van der Waals surface area (Å²) >= 11 is 0. The van der Waals surface area contributed by atoms with Crippen LogP contribution in [0.5, 0.6) is 0 Å². The van der Waals surface area contributed by atoms with Gasteiger partial charge in [0.25, 0.3) is 0 Å². The molecular weight excluding hydrogens is 210 g/mol.